The van der Waals surface area contributed by atoms with Gasteiger partial charge in [0, 0.05) is 43.9 Å². The lowest BCUT2D eigenvalue weighted by Gasteiger charge is -2.31. The SMILES string of the molecule is Cn1nnc2c(C(=O)CC3CCC(CCN4CCc5sc(OCC(C)(F)F)nc5C4)CC3)cccc21. The number of alkyl halides is 2. The second kappa shape index (κ2) is 10.5. The fourth-order valence-electron chi connectivity index (χ4n) is 5.41. The lowest BCUT2D eigenvalue weighted by atomic mass is 9.78. The molecule has 194 valence electrons. The van der Waals surface area contributed by atoms with Crippen molar-refractivity contribution in [1.29, 1.82) is 0 Å². The summed E-state index contributed by atoms with van der Waals surface area (Å²) >= 11 is 1.40. The Morgan fingerprint density at radius 2 is 2.00 bits per heavy atom. The summed E-state index contributed by atoms with van der Waals surface area (Å²) in [6, 6.07) is 5.71. The molecule has 0 saturated heterocycles. The van der Waals surface area contributed by atoms with Gasteiger partial charge in [-0.05, 0) is 56.2 Å². The number of thiazole rings is 1. The van der Waals surface area contributed by atoms with Gasteiger partial charge in [-0.1, -0.05) is 35.5 Å². The average Bonchev–Trinajstić information content (AvgIpc) is 3.44. The third kappa shape index (κ3) is 5.91. The van der Waals surface area contributed by atoms with Crippen molar-refractivity contribution >= 4 is 28.2 Å². The first-order valence-corrected chi connectivity index (χ1v) is 13.6. The number of ketones is 1. The molecule has 7 nitrogen and oxygen atoms in total. The van der Waals surface area contributed by atoms with Gasteiger partial charge in [0.05, 0.1) is 11.2 Å². The topological polar surface area (TPSA) is 73.1 Å². The van der Waals surface area contributed by atoms with Gasteiger partial charge >= 0.3 is 0 Å². The molecule has 36 heavy (non-hydrogen) atoms. The van der Waals surface area contributed by atoms with Crippen LogP contribution in [0.4, 0.5) is 8.78 Å². The van der Waals surface area contributed by atoms with Gasteiger partial charge in [0.15, 0.2) is 12.4 Å². The Hall–Kier alpha value is -2.46. The molecule has 1 saturated carbocycles. The summed E-state index contributed by atoms with van der Waals surface area (Å²) in [4.78, 5) is 21.0. The molecule has 3 aromatic rings. The number of aryl methyl sites for hydroxylation is 1. The molecule has 2 aliphatic rings. The fraction of sp³-hybridized carbons (Fsp3) is 0.615. The monoisotopic (exact) mass is 517 g/mol. The van der Waals surface area contributed by atoms with Crippen LogP contribution in [0.25, 0.3) is 11.0 Å². The number of benzene rings is 1. The van der Waals surface area contributed by atoms with Gasteiger partial charge in [0.2, 0.25) is 0 Å². The predicted octanol–water partition coefficient (Wildman–Crippen LogP) is 5.29. The highest BCUT2D eigenvalue weighted by Gasteiger charge is 2.28. The number of Topliss-reactive ketones (excluding diaryl/α,β-unsaturated/α-hetero) is 1. The Morgan fingerprint density at radius 3 is 2.78 bits per heavy atom. The van der Waals surface area contributed by atoms with Gasteiger partial charge in [0.1, 0.15) is 5.52 Å². The number of carbonyl (C=O) groups is 1. The normalized spacial score (nSPS) is 21.0. The molecule has 3 heterocycles. The predicted molar refractivity (Wildman–Crippen MR) is 135 cm³/mol. The van der Waals surface area contributed by atoms with E-state index >= 15 is 0 Å². The molecule has 5 rings (SSSR count). The fourth-order valence-corrected chi connectivity index (χ4v) is 6.32. The minimum absolute atomic E-state index is 0.169. The van der Waals surface area contributed by atoms with E-state index in [4.69, 9.17) is 4.74 Å². The van der Waals surface area contributed by atoms with Crippen LogP contribution >= 0.6 is 11.3 Å². The zero-order valence-corrected chi connectivity index (χ0v) is 21.7. The van der Waals surface area contributed by atoms with Gasteiger partial charge in [-0.2, -0.15) is 0 Å². The molecule has 0 unspecified atom stereocenters. The van der Waals surface area contributed by atoms with Crippen molar-refractivity contribution in [3.63, 3.8) is 0 Å². The standard InChI is InChI=1S/C26H33F2N5O2S/c1-26(27,28)16-35-25-29-20-15-33(13-11-23(20)36-25)12-10-17-6-8-18(9-7-17)14-22(34)19-4-3-5-21-24(19)30-31-32(21)2/h3-5,17-18H,6-16H2,1-2H3. The lowest BCUT2D eigenvalue weighted by molar-refractivity contribution is -0.0230. The second-order valence-corrected chi connectivity index (χ2v) is 11.5. The number of rotatable bonds is 9. The van der Waals surface area contributed by atoms with Gasteiger partial charge in [-0.3, -0.25) is 9.69 Å². The molecular weight excluding hydrogens is 484 g/mol. The Labute approximate surface area is 213 Å². The summed E-state index contributed by atoms with van der Waals surface area (Å²) in [7, 11) is 1.84. The van der Waals surface area contributed by atoms with E-state index in [1.165, 1.54) is 11.3 Å². The van der Waals surface area contributed by atoms with E-state index in [1.54, 1.807) is 4.68 Å². The van der Waals surface area contributed by atoms with Crippen LogP contribution in [0.3, 0.4) is 0 Å². The minimum atomic E-state index is -2.85. The Balaban J connectivity index is 1.06. The first kappa shape index (κ1) is 25.2. The van der Waals surface area contributed by atoms with Crippen LogP contribution in [-0.4, -0.2) is 56.3 Å². The maximum Gasteiger partial charge on any atom is 0.278 e. The minimum Gasteiger partial charge on any atom is -0.464 e. The lowest BCUT2D eigenvalue weighted by Crippen LogP contribution is -2.32. The van der Waals surface area contributed by atoms with E-state index in [0.29, 0.717) is 34.5 Å². The van der Waals surface area contributed by atoms with Crippen molar-refractivity contribution in [3.05, 3.63) is 34.3 Å². The van der Waals surface area contributed by atoms with E-state index in [2.05, 4.69) is 20.2 Å². The Kier molecular flexibility index (Phi) is 7.35. The number of carbonyl (C=O) groups excluding carboxylic acids is 1. The summed E-state index contributed by atoms with van der Waals surface area (Å²) in [5.41, 5.74) is 3.25. The van der Waals surface area contributed by atoms with E-state index in [9.17, 15) is 13.6 Å². The van der Waals surface area contributed by atoms with Gasteiger partial charge < -0.3 is 4.74 Å². The zero-order chi connectivity index (χ0) is 25.3. The molecule has 0 spiro atoms. The first-order valence-electron chi connectivity index (χ1n) is 12.8. The second-order valence-electron chi connectivity index (χ2n) is 10.4. The molecule has 1 aliphatic carbocycles. The summed E-state index contributed by atoms with van der Waals surface area (Å²) < 4.78 is 33.1. The Bertz CT molecular complexity index is 1210. The van der Waals surface area contributed by atoms with Crippen molar-refractivity contribution in [1.82, 2.24) is 24.9 Å². The van der Waals surface area contributed by atoms with Crippen LogP contribution in [-0.2, 0) is 20.0 Å². The molecule has 10 heteroatoms. The molecule has 0 N–H and O–H groups in total. The highest BCUT2D eigenvalue weighted by Crippen LogP contribution is 2.35. The van der Waals surface area contributed by atoms with Crippen LogP contribution < -0.4 is 4.74 Å². The van der Waals surface area contributed by atoms with E-state index < -0.39 is 12.5 Å². The molecule has 1 aliphatic heterocycles. The number of hydrogen-bond acceptors (Lipinski definition) is 7. The van der Waals surface area contributed by atoms with Gasteiger partial charge in [-0.25, -0.2) is 18.4 Å². The number of halogens is 2. The molecule has 0 radical (unpaired) electrons. The maximum atomic E-state index is 13.1. The van der Waals surface area contributed by atoms with Crippen molar-refractivity contribution < 1.29 is 18.3 Å². The van der Waals surface area contributed by atoms with Crippen LogP contribution in [0.15, 0.2) is 18.2 Å². The van der Waals surface area contributed by atoms with Crippen LogP contribution in [0, 0.1) is 11.8 Å². The van der Waals surface area contributed by atoms with Gasteiger partial charge in [-0.15, -0.1) is 5.10 Å². The van der Waals surface area contributed by atoms with Crippen LogP contribution in [0.1, 0.15) is 66.4 Å². The molecule has 1 fully saturated rings. The summed E-state index contributed by atoms with van der Waals surface area (Å²) in [5, 5.41) is 8.61. The average molecular weight is 518 g/mol. The number of hydrogen-bond donors (Lipinski definition) is 0. The van der Waals surface area contributed by atoms with Crippen molar-refractivity contribution in [2.75, 3.05) is 19.7 Å². The highest BCUT2D eigenvalue weighted by atomic mass is 32.1. The quantitative estimate of drug-likeness (QED) is 0.359. The number of ether oxygens (including phenoxy) is 1. The van der Waals surface area contributed by atoms with Crippen LogP contribution in [0.5, 0.6) is 5.19 Å². The van der Waals surface area contributed by atoms with Gasteiger partial charge in [0.25, 0.3) is 11.1 Å². The van der Waals surface area contributed by atoms with Crippen molar-refractivity contribution in [2.24, 2.45) is 18.9 Å². The van der Waals surface area contributed by atoms with E-state index in [-0.39, 0.29) is 5.78 Å². The zero-order valence-electron chi connectivity index (χ0n) is 20.9. The number of nitrogens with zero attached hydrogens (tertiary/aromatic N) is 5. The third-order valence-electron chi connectivity index (χ3n) is 7.47. The first-order chi connectivity index (χ1) is 17.2. The number of aromatic nitrogens is 4. The van der Waals surface area contributed by atoms with Crippen molar-refractivity contribution in [2.45, 2.75) is 64.3 Å². The van der Waals surface area contributed by atoms with E-state index in [0.717, 1.165) is 81.2 Å². The molecule has 0 bridgehead atoms. The summed E-state index contributed by atoms with van der Waals surface area (Å²) in [6.45, 7) is 2.97. The summed E-state index contributed by atoms with van der Waals surface area (Å²) in [5.74, 6) is -1.57. The molecule has 0 amide bonds. The molecular formula is C26H33F2N5O2S. The number of fused-ring (bicyclic) bond motifs is 2. The van der Waals surface area contributed by atoms with Crippen molar-refractivity contribution in [3.8, 4) is 5.19 Å². The van der Waals surface area contributed by atoms with Crippen LogP contribution in [0.2, 0.25) is 0 Å². The third-order valence-corrected chi connectivity index (χ3v) is 8.54. The Morgan fingerprint density at radius 1 is 1.22 bits per heavy atom. The highest BCUT2D eigenvalue weighted by molar-refractivity contribution is 7.13. The van der Waals surface area contributed by atoms with E-state index in [1.807, 2.05) is 25.2 Å². The smallest absolute Gasteiger partial charge is 0.278 e. The summed E-state index contributed by atoms with van der Waals surface area (Å²) in [6.07, 6.45) is 7.11. The molecule has 2 aromatic heterocycles. The molecule has 0 atom stereocenters. The maximum absolute atomic E-state index is 13.1. The largest absolute Gasteiger partial charge is 0.464 e. The molecule has 1 aromatic carbocycles.